The molecule has 0 N–H and O–H groups in total. The Morgan fingerprint density at radius 1 is 1.12 bits per heavy atom. The summed E-state index contributed by atoms with van der Waals surface area (Å²) in [5, 5.41) is 0. The van der Waals surface area contributed by atoms with Gasteiger partial charge in [-0.2, -0.15) is 0 Å². The van der Waals surface area contributed by atoms with Crippen LogP contribution in [0.25, 0.3) is 0 Å². The van der Waals surface area contributed by atoms with Gasteiger partial charge in [-0.25, -0.2) is 0 Å². The molecule has 3 rings (SSSR count). The van der Waals surface area contributed by atoms with E-state index in [1.807, 2.05) is 0 Å². The minimum Gasteiger partial charge on any atom is -0.305 e. The summed E-state index contributed by atoms with van der Waals surface area (Å²) in [6, 6.07) is 2.32. The van der Waals surface area contributed by atoms with Crippen LogP contribution in [0.3, 0.4) is 0 Å². The zero-order valence-electron chi connectivity index (χ0n) is 11.8. The predicted molar refractivity (Wildman–Crippen MR) is 69.7 cm³/mol. The van der Waals surface area contributed by atoms with Crippen LogP contribution in [0.2, 0.25) is 0 Å². The van der Waals surface area contributed by atoms with E-state index in [1.165, 1.54) is 19.3 Å². The Bertz CT molecular complexity index is 254. The van der Waals surface area contributed by atoms with Gasteiger partial charge in [-0.3, -0.25) is 4.90 Å². The summed E-state index contributed by atoms with van der Waals surface area (Å²) in [5.41, 5.74) is 0.317. The summed E-state index contributed by atoms with van der Waals surface area (Å²) >= 11 is 0. The molecule has 3 unspecified atom stereocenters. The Kier molecular flexibility index (Phi) is 3.09. The largest absolute Gasteiger partial charge is 0.305 e. The lowest BCUT2D eigenvalue weighted by Crippen LogP contribution is -2.67. The lowest BCUT2D eigenvalue weighted by Gasteiger charge is -2.60. The first-order valence-electron chi connectivity index (χ1n) is 6.77. The third-order valence-corrected chi connectivity index (χ3v) is 4.74. The summed E-state index contributed by atoms with van der Waals surface area (Å²) in [7, 11) is 4.49. The van der Waals surface area contributed by atoms with E-state index >= 15 is 0 Å². The third-order valence-electron chi connectivity index (χ3n) is 4.74. The SMILES string of the molecule is C[C@@H]1C2CCC(C(N(C)C)C2)N1C(C)(C)C. The van der Waals surface area contributed by atoms with E-state index < -0.39 is 0 Å². The minimum absolute atomic E-state index is 0.317. The van der Waals surface area contributed by atoms with Gasteiger partial charge in [-0.05, 0) is 67.0 Å². The van der Waals surface area contributed by atoms with Crippen molar-refractivity contribution in [1.82, 2.24) is 9.80 Å². The molecular formula is C14H28N2. The van der Waals surface area contributed by atoms with Crippen molar-refractivity contribution in [3.63, 3.8) is 0 Å². The first kappa shape index (κ1) is 12.4. The highest BCUT2D eigenvalue weighted by Crippen LogP contribution is 2.44. The fourth-order valence-electron chi connectivity index (χ4n) is 4.12. The van der Waals surface area contributed by atoms with Gasteiger partial charge in [-0.15, -0.1) is 0 Å². The quantitative estimate of drug-likeness (QED) is 0.675. The molecule has 2 saturated heterocycles. The van der Waals surface area contributed by atoms with Crippen LogP contribution in [0.15, 0.2) is 0 Å². The zero-order chi connectivity index (χ0) is 12.1. The third kappa shape index (κ3) is 1.91. The first-order valence-corrected chi connectivity index (χ1v) is 6.77. The molecule has 0 aromatic carbocycles. The summed E-state index contributed by atoms with van der Waals surface area (Å²) in [4.78, 5) is 5.23. The van der Waals surface area contributed by atoms with Crippen molar-refractivity contribution < 1.29 is 0 Å². The highest BCUT2D eigenvalue weighted by Gasteiger charge is 2.49. The van der Waals surface area contributed by atoms with E-state index in [-0.39, 0.29) is 0 Å². The lowest BCUT2D eigenvalue weighted by molar-refractivity contribution is -0.0983. The van der Waals surface area contributed by atoms with Gasteiger partial charge in [0, 0.05) is 23.7 Å². The molecule has 2 aliphatic heterocycles. The maximum atomic E-state index is 2.79. The van der Waals surface area contributed by atoms with E-state index in [9.17, 15) is 0 Å². The fourth-order valence-corrected chi connectivity index (χ4v) is 4.12. The van der Waals surface area contributed by atoms with Crippen LogP contribution < -0.4 is 0 Å². The number of rotatable bonds is 1. The van der Waals surface area contributed by atoms with Crippen LogP contribution in [0.1, 0.15) is 47.0 Å². The van der Waals surface area contributed by atoms with Gasteiger partial charge in [0.15, 0.2) is 0 Å². The number of piperidine rings is 2. The second-order valence-electron chi connectivity index (χ2n) is 6.99. The van der Waals surface area contributed by atoms with E-state index in [2.05, 4.69) is 51.6 Å². The van der Waals surface area contributed by atoms with Gasteiger partial charge >= 0.3 is 0 Å². The lowest BCUT2D eigenvalue weighted by atomic mass is 9.70. The molecule has 3 aliphatic rings. The number of hydrogen-bond acceptors (Lipinski definition) is 2. The van der Waals surface area contributed by atoms with Gasteiger partial charge in [0.25, 0.3) is 0 Å². The van der Waals surface area contributed by atoms with Crippen molar-refractivity contribution in [2.45, 2.75) is 70.6 Å². The summed E-state index contributed by atoms with van der Waals surface area (Å²) < 4.78 is 0. The van der Waals surface area contributed by atoms with Gasteiger partial charge in [0.2, 0.25) is 0 Å². The van der Waals surface area contributed by atoms with Crippen LogP contribution in [-0.4, -0.2) is 47.6 Å². The highest BCUT2D eigenvalue weighted by molar-refractivity contribution is 5.04. The van der Waals surface area contributed by atoms with Gasteiger partial charge < -0.3 is 4.90 Å². The molecule has 2 heterocycles. The van der Waals surface area contributed by atoms with Gasteiger partial charge in [0.1, 0.15) is 0 Å². The molecule has 3 fully saturated rings. The van der Waals surface area contributed by atoms with E-state index in [4.69, 9.17) is 0 Å². The minimum atomic E-state index is 0.317. The maximum Gasteiger partial charge on any atom is 0.0259 e. The highest BCUT2D eigenvalue weighted by atomic mass is 15.3. The number of nitrogens with zero attached hydrogens (tertiary/aromatic N) is 2. The molecule has 4 atom stereocenters. The number of hydrogen-bond donors (Lipinski definition) is 0. The van der Waals surface area contributed by atoms with Crippen molar-refractivity contribution in [3.8, 4) is 0 Å². The molecule has 2 nitrogen and oxygen atoms in total. The molecule has 0 spiro atoms. The smallest absolute Gasteiger partial charge is 0.0259 e. The first-order chi connectivity index (χ1) is 7.32. The molecule has 16 heavy (non-hydrogen) atoms. The molecular weight excluding hydrogens is 196 g/mol. The average molecular weight is 224 g/mol. The maximum absolute atomic E-state index is 2.79. The van der Waals surface area contributed by atoms with Gasteiger partial charge in [0.05, 0.1) is 0 Å². The van der Waals surface area contributed by atoms with E-state index in [0.717, 1.165) is 24.0 Å². The van der Waals surface area contributed by atoms with Crippen molar-refractivity contribution in [2.24, 2.45) is 5.92 Å². The molecule has 0 amide bonds. The summed E-state index contributed by atoms with van der Waals surface area (Å²) in [6.07, 6.45) is 4.25. The van der Waals surface area contributed by atoms with Crippen LogP contribution in [-0.2, 0) is 0 Å². The van der Waals surface area contributed by atoms with E-state index in [1.54, 1.807) is 0 Å². The second-order valence-corrected chi connectivity index (χ2v) is 6.99. The van der Waals surface area contributed by atoms with Crippen molar-refractivity contribution in [2.75, 3.05) is 14.1 Å². The van der Waals surface area contributed by atoms with E-state index in [0.29, 0.717) is 5.54 Å². The topological polar surface area (TPSA) is 6.48 Å². The predicted octanol–water partition coefficient (Wildman–Crippen LogP) is 2.59. The fraction of sp³-hybridized carbons (Fsp3) is 1.00. The van der Waals surface area contributed by atoms with Gasteiger partial charge in [-0.1, -0.05) is 0 Å². The van der Waals surface area contributed by atoms with Crippen LogP contribution >= 0.6 is 0 Å². The molecule has 2 heteroatoms. The average Bonchev–Trinajstić information content (AvgIpc) is 2.15. The van der Waals surface area contributed by atoms with Crippen LogP contribution in [0.4, 0.5) is 0 Å². The molecule has 0 aromatic heterocycles. The summed E-state index contributed by atoms with van der Waals surface area (Å²) in [5.74, 6) is 0.914. The van der Waals surface area contributed by atoms with Crippen LogP contribution in [0.5, 0.6) is 0 Å². The Hall–Kier alpha value is -0.0800. The van der Waals surface area contributed by atoms with Crippen molar-refractivity contribution >= 4 is 0 Å². The Morgan fingerprint density at radius 2 is 1.75 bits per heavy atom. The molecule has 0 aromatic rings. The molecule has 2 bridgehead atoms. The normalized spacial score (nSPS) is 40.7. The van der Waals surface area contributed by atoms with Crippen molar-refractivity contribution in [1.29, 1.82) is 0 Å². The number of fused-ring (bicyclic) bond motifs is 3. The zero-order valence-corrected chi connectivity index (χ0v) is 11.8. The standard InChI is InChI=1S/C14H28N2/c1-10-11-7-8-12(13(9-11)15(5)6)16(10)14(2,3)4/h10-13H,7-9H2,1-6H3/t10-,11?,12?,13?/m1/s1. The van der Waals surface area contributed by atoms with Crippen LogP contribution in [0, 0.1) is 5.92 Å². The molecule has 94 valence electrons. The Morgan fingerprint density at radius 3 is 2.25 bits per heavy atom. The molecule has 1 saturated carbocycles. The molecule has 0 radical (unpaired) electrons. The number of likely N-dealkylation sites (N-methyl/N-ethyl adjacent to an activating group) is 1. The molecule has 1 aliphatic carbocycles. The van der Waals surface area contributed by atoms with Crippen molar-refractivity contribution in [3.05, 3.63) is 0 Å². The summed E-state index contributed by atoms with van der Waals surface area (Å²) in [6.45, 7) is 9.55. The Balaban J connectivity index is 2.25. The second kappa shape index (κ2) is 3.99. The monoisotopic (exact) mass is 224 g/mol. The Labute approximate surface area is 101 Å².